The third kappa shape index (κ3) is 4.72. The van der Waals surface area contributed by atoms with E-state index in [0.717, 1.165) is 19.4 Å². The minimum absolute atomic E-state index is 0.0415. The number of hydrogen-bond acceptors (Lipinski definition) is 2. The molecule has 1 atom stereocenters. The second kappa shape index (κ2) is 9.16. The van der Waals surface area contributed by atoms with Gasteiger partial charge in [-0.05, 0) is 36.0 Å². The summed E-state index contributed by atoms with van der Waals surface area (Å²) in [5.41, 5.74) is 3.98. The number of nitrogens with one attached hydrogen (secondary N) is 2. The number of unbranched alkanes of at least 4 members (excludes halogenated alkanes) is 3. The smallest absolute Gasteiger partial charge is 0.221 e. The van der Waals surface area contributed by atoms with E-state index in [2.05, 4.69) is 35.8 Å². The summed E-state index contributed by atoms with van der Waals surface area (Å²) in [4.78, 5) is 12.0. The van der Waals surface area contributed by atoms with E-state index in [1.807, 2.05) is 0 Å². The molecule has 1 aromatic carbocycles. The van der Waals surface area contributed by atoms with Crippen LogP contribution in [-0.4, -0.2) is 11.8 Å². The van der Waals surface area contributed by atoms with Crippen LogP contribution in [0.2, 0.25) is 0 Å². The molecule has 2 N–H and O–H groups in total. The first-order valence-electron chi connectivity index (χ1n) is 8.45. The molecule has 0 saturated heterocycles. The summed E-state index contributed by atoms with van der Waals surface area (Å²) >= 11 is 5.66. The number of fused-ring (bicyclic) bond motifs is 1. The Kier molecular flexibility index (Phi) is 7.20. The van der Waals surface area contributed by atoms with Crippen LogP contribution in [0.5, 0.6) is 0 Å². The average molecular weight is 323 g/mol. The fourth-order valence-corrected chi connectivity index (χ4v) is 3.18. The molecule has 122 valence electrons. The van der Waals surface area contributed by atoms with Gasteiger partial charge in [0, 0.05) is 18.8 Å². The van der Waals surface area contributed by atoms with E-state index in [-0.39, 0.29) is 12.1 Å². The number of rotatable bonds is 9. The molecule has 1 heterocycles. The largest absolute Gasteiger partial charge is 0.337 e. The van der Waals surface area contributed by atoms with Crippen LogP contribution in [0.1, 0.15) is 68.3 Å². The second-order valence-corrected chi connectivity index (χ2v) is 6.35. The molecule has 1 aliphatic heterocycles. The first kappa shape index (κ1) is 17.3. The van der Waals surface area contributed by atoms with Gasteiger partial charge in [-0.25, -0.2) is 0 Å². The van der Waals surface area contributed by atoms with Crippen LogP contribution in [0.4, 0.5) is 0 Å². The Balaban J connectivity index is 2.00. The monoisotopic (exact) mass is 322 g/mol. The molecule has 1 unspecified atom stereocenters. The van der Waals surface area contributed by atoms with Crippen molar-refractivity contribution in [3.63, 3.8) is 0 Å². The molecule has 1 aromatic rings. The highest BCUT2D eigenvalue weighted by Crippen LogP contribution is 2.28. The van der Waals surface area contributed by atoms with E-state index < -0.39 is 0 Å². The molecule has 0 aliphatic carbocycles. The minimum atomic E-state index is -0.0415. The van der Waals surface area contributed by atoms with Crippen molar-refractivity contribution in [2.75, 3.05) is 5.88 Å². The van der Waals surface area contributed by atoms with Crippen molar-refractivity contribution in [1.82, 2.24) is 10.6 Å². The van der Waals surface area contributed by atoms with Gasteiger partial charge in [0.25, 0.3) is 0 Å². The molecule has 4 heteroatoms. The standard InChI is InChI=1S/C18H27ClN2O/c1-2-3-4-5-8-14-9-6-10-15-13-20-18(17(14)15)21-16(22)11-7-12-19/h6,9-10,18,20H,2-5,7-8,11-13H2,1H3,(H,21,22). The fraction of sp³-hybridized carbons (Fsp3) is 0.611. The Hall–Kier alpha value is -1.06. The van der Waals surface area contributed by atoms with Crippen molar-refractivity contribution in [2.45, 2.75) is 64.6 Å². The molecule has 0 aromatic heterocycles. The fourth-order valence-electron chi connectivity index (χ4n) is 3.05. The lowest BCUT2D eigenvalue weighted by Crippen LogP contribution is -2.34. The highest BCUT2D eigenvalue weighted by atomic mass is 35.5. The van der Waals surface area contributed by atoms with Gasteiger partial charge >= 0.3 is 0 Å². The zero-order valence-electron chi connectivity index (χ0n) is 13.5. The number of alkyl halides is 1. The van der Waals surface area contributed by atoms with Crippen LogP contribution < -0.4 is 10.6 Å². The maximum atomic E-state index is 12.0. The summed E-state index contributed by atoms with van der Waals surface area (Å²) < 4.78 is 0. The lowest BCUT2D eigenvalue weighted by Gasteiger charge is -2.18. The summed E-state index contributed by atoms with van der Waals surface area (Å²) in [5, 5.41) is 6.51. The van der Waals surface area contributed by atoms with Crippen molar-refractivity contribution in [2.24, 2.45) is 0 Å². The van der Waals surface area contributed by atoms with Crippen molar-refractivity contribution in [3.8, 4) is 0 Å². The molecule has 22 heavy (non-hydrogen) atoms. The first-order valence-corrected chi connectivity index (χ1v) is 8.99. The summed E-state index contributed by atoms with van der Waals surface area (Å²) in [6, 6.07) is 6.49. The van der Waals surface area contributed by atoms with Crippen LogP contribution in [-0.2, 0) is 17.8 Å². The zero-order valence-corrected chi connectivity index (χ0v) is 14.2. The first-order chi connectivity index (χ1) is 10.8. The number of carbonyl (C=O) groups is 1. The molecule has 0 radical (unpaired) electrons. The van der Waals surface area contributed by atoms with Crippen LogP contribution in [0, 0.1) is 0 Å². The molecule has 2 rings (SSSR count). The third-order valence-electron chi connectivity index (χ3n) is 4.21. The number of halogens is 1. The Labute approximate surface area is 138 Å². The van der Waals surface area contributed by atoms with Gasteiger partial charge in [-0.3, -0.25) is 10.1 Å². The SMILES string of the molecule is CCCCCCc1cccc2c1C(NC(=O)CCCCl)NC2. The highest BCUT2D eigenvalue weighted by Gasteiger charge is 2.25. The molecule has 0 fully saturated rings. The minimum Gasteiger partial charge on any atom is -0.337 e. The van der Waals surface area contributed by atoms with E-state index >= 15 is 0 Å². The van der Waals surface area contributed by atoms with Crippen LogP contribution >= 0.6 is 11.6 Å². The van der Waals surface area contributed by atoms with Gasteiger partial charge in [-0.2, -0.15) is 0 Å². The van der Waals surface area contributed by atoms with Gasteiger partial charge in [0.05, 0.1) is 0 Å². The molecule has 0 saturated carbocycles. The van der Waals surface area contributed by atoms with E-state index in [1.165, 1.54) is 42.4 Å². The molecule has 3 nitrogen and oxygen atoms in total. The maximum absolute atomic E-state index is 12.0. The van der Waals surface area contributed by atoms with E-state index in [9.17, 15) is 4.79 Å². The molecule has 1 amide bonds. The van der Waals surface area contributed by atoms with Crippen LogP contribution in [0.3, 0.4) is 0 Å². The average Bonchev–Trinajstić information content (AvgIpc) is 2.93. The van der Waals surface area contributed by atoms with Crippen LogP contribution in [0.25, 0.3) is 0 Å². The molecule has 0 bridgehead atoms. The van der Waals surface area contributed by atoms with Crippen molar-refractivity contribution < 1.29 is 4.79 Å². The molecular weight excluding hydrogens is 296 g/mol. The number of aryl methyl sites for hydroxylation is 1. The van der Waals surface area contributed by atoms with Gasteiger partial charge in [0.2, 0.25) is 5.91 Å². The van der Waals surface area contributed by atoms with Gasteiger partial charge < -0.3 is 5.32 Å². The second-order valence-electron chi connectivity index (χ2n) is 5.97. The number of carbonyl (C=O) groups excluding carboxylic acids is 1. The Morgan fingerprint density at radius 3 is 2.95 bits per heavy atom. The van der Waals surface area contributed by atoms with E-state index in [4.69, 9.17) is 11.6 Å². The summed E-state index contributed by atoms with van der Waals surface area (Å²) in [6.07, 6.45) is 7.33. The number of benzene rings is 1. The van der Waals surface area contributed by atoms with Gasteiger partial charge in [0.15, 0.2) is 0 Å². The van der Waals surface area contributed by atoms with Gasteiger partial charge in [0.1, 0.15) is 6.17 Å². The molecule has 0 spiro atoms. The predicted octanol–water partition coefficient (Wildman–Crippen LogP) is 4.05. The lowest BCUT2D eigenvalue weighted by atomic mass is 9.96. The van der Waals surface area contributed by atoms with Crippen molar-refractivity contribution in [1.29, 1.82) is 0 Å². The lowest BCUT2D eigenvalue weighted by molar-refractivity contribution is -0.122. The zero-order chi connectivity index (χ0) is 15.8. The summed E-state index contributed by atoms with van der Waals surface area (Å²) in [7, 11) is 0. The number of hydrogen-bond donors (Lipinski definition) is 2. The number of amides is 1. The van der Waals surface area contributed by atoms with E-state index in [1.54, 1.807) is 0 Å². The highest BCUT2D eigenvalue weighted by molar-refractivity contribution is 6.17. The quantitative estimate of drug-likeness (QED) is 0.532. The Morgan fingerprint density at radius 1 is 1.32 bits per heavy atom. The molecule has 1 aliphatic rings. The molecular formula is C18H27ClN2O. The summed E-state index contributed by atoms with van der Waals surface area (Å²) in [5.74, 6) is 0.608. The topological polar surface area (TPSA) is 41.1 Å². The Morgan fingerprint density at radius 2 is 2.18 bits per heavy atom. The van der Waals surface area contributed by atoms with Gasteiger partial charge in [-0.15, -0.1) is 11.6 Å². The van der Waals surface area contributed by atoms with Crippen molar-refractivity contribution in [3.05, 3.63) is 34.9 Å². The van der Waals surface area contributed by atoms with Gasteiger partial charge in [-0.1, -0.05) is 44.4 Å². The maximum Gasteiger partial charge on any atom is 0.221 e. The third-order valence-corrected chi connectivity index (χ3v) is 4.48. The predicted molar refractivity (Wildman–Crippen MR) is 92.0 cm³/mol. The van der Waals surface area contributed by atoms with Crippen LogP contribution in [0.15, 0.2) is 18.2 Å². The summed E-state index contributed by atoms with van der Waals surface area (Å²) in [6.45, 7) is 3.06. The van der Waals surface area contributed by atoms with E-state index in [0.29, 0.717) is 12.3 Å². The Bertz CT molecular complexity index is 490. The normalized spacial score (nSPS) is 16.5. The van der Waals surface area contributed by atoms with Crippen molar-refractivity contribution >= 4 is 17.5 Å².